The number of hydrogen-bond acceptors (Lipinski definition) is 3. The lowest BCUT2D eigenvalue weighted by atomic mass is 9.93. The summed E-state index contributed by atoms with van der Waals surface area (Å²) >= 11 is 0. The molecular weight excluding hydrogens is 441 g/mol. The first-order valence-corrected chi connectivity index (χ1v) is 9.63. The van der Waals surface area contributed by atoms with E-state index in [4.69, 9.17) is 9.73 Å². The number of halogens is 1. The monoisotopic (exact) mass is 475 g/mol. The van der Waals surface area contributed by atoms with E-state index in [-0.39, 0.29) is 30.6 Å². The van der Waals surface area contributed by atoms with Crippen LogP contribution in [0.15, 0.2) is 29.3 Å². The molecule has 0 aromatic heterocycles. The standard InChI is InChI=1S/C20H33N3O2.HI/c1-3-7-16(10-12-24)14-22-20(21-4-2)23-15-17-11-13-25-19-9-6-5-8-18(17)19;/h5-6,8-9,16-17,24H,3-4,7,10-15H2,1-2H3,(H2,21,22,23);1H. The predicted molar refractivity (Wildman–Crippen MR) is 119 cm³/mol. The number of aliphatic imine (C=N–C) groups is 1. The van der Waals surface area contributed by atoms with Crippen LogP contribution in [0.5, 0.6) is 5.75 Å². The molecule has 1 aliphatic rings. The van der Waals surface area contributed by atoms with E-state index in [1.165, 1.54) is 5.56 Å². The summed E-state index contributed by atoms with van der Waals surface area (Å²) in [5, 5.41) is 16.0. The molecule has 0 spiro atoms. The number of nitrogens with one attached hydrogen (secondary N) is 2. The van der Waals surface area contributed by atoms with Gasteiger partial charge < -0.3 is 20.5 Å². The Bertz CT molecular complexity index is 534. The first-order chi connectivity index (χ1) is 12.3. The Kier molecular flexibility index (Phi) is 11.7. The van der Waals surface area contributed by atoms with Gasteiger partial charge in [0.05, 0.1) is 6.61 Å². The van der Waals surface area contributed by atoms with Crippen molar-refractivity contribution in [1.29, 1.82) is 0 Å². The number of ether oxygens (including phenoxy) is 1. The largest absolute Gasteiger partial charge is 0.493 e. The van der Waals surface area contributed by atoms with E-state index < -0.39 is 0 Å². The number of benzene rings is 1. The molecule has 1 aliphatic heterocycles. The summed E-state index contributed by atoms with van der Waals surface area (Å²) in [7, 11) is 0. The normalized spacial score (nSPS) is 17.5. The molecule has 0 amide bonds. The lowest BCUT2D eigenvalue weighted by molar-refractivity contribution is 0.253. The Hall–Kier alpha value is -1.02. The van der Waals surface area contributed by atoms with E-state index in [0.717, 1.165) is 63.6 Å². The molecule has 148 valence electrons. The van der Waals surface area contributed by atoms with Gasteiger partial charge in [0.1, 0.15) is 5.75 Å². The third-order valence-corrected chi connectivity index (χ3v) is 4.68. The van der Waals surface area contributed by atoms with Crippen LogP contribution in [0.2, 0.25) is 0 Å². The number of guanidine groups is 1. The van der Waals surface area contributed by atoms with Crippen molar-refractivity contribution < 1.29 is 9.84 Å². The Morgan fingerprint density at radius 1 is 1.27 bits per heavy atom. The molecular formula is C20H34IN3O2. The molecule has 2 unspecified atom stereocenters. The molecule has 5 nitrogen and oxygen atoms in total. The van der Waals surface area contributed by atoms with Crippen molar-refractivity contribution in [2.75, 3.05) is 32.8 Å². The molecule has 3 N–H and O–H groups in total. The van der Waals surface area contributed by atoms with Gasteiger partial charge in [0, 0.05) is 32.2 Å². The number of nitrogens with zero attached hydrogens (tertiary/aromatic N) is 1. The van der Waals surface area contributed by atoms with Crippen molar-refractivity contribution in [1.82, 2.24) is 10.6 Å². The summed E-state index contributed by atoms with van der Waals surface area (Å²) in [6, 6.07) is 8.30. The number of para-hydroxylation sites is 1. The summed E-state index contributed by atoms with van der Waals surface area (Å²) in [6.07, 6.45) is 4.08. The first-order valence-electron chi connectivity index (χ1n) is 9.63. The number of aliphatic hydroxyl groups excluding tert-OH is 1. The minimum Gasteiger partial charge on any atom is -0.493 e. The fourth-order valence-electron chi connectivity index (χ4n) is 3.33. The number of rotatable bonds is 9. The minimum atomic E-state index is 0. The van der Waals surface area contributed by atoms with Crippen molar-refractivity contribution in [2.45, 2.75) is 45.4 Å². The topological polar surface area (TPSA) is 65.9 Å². The molecule has 0 fully saturated rings. The van der Waals surface area contributed by atoms with Crippen molar-refractivity contribution in [3.63, 3.8) is 0 Å². The lowest BCUT2D eigenvalue weighted by Crippen LogP contribution is -2.40. The van der Waals surface area contributed by atoms with Crippen LogP contribution in [0.4, 0.5) is 0 Å². The molecule has 26 heavy (non-hydrogen) atoms. The molecule has 2 rings (SSSR count). The second-order valence-electron chi connectivity index (χ2n) is 6.64. The van der Waals surface area contributed by atoms with Crippen LogP contribution in [-0.4, -0.2) is 43.9 Å². The zero-order valence-electron chi connectivity index (χ0n) is 16.0. The van der Waals surface area contributed by atoms with Crippen LogP contribution in [0, 0.1) is 5.92 Å². The Balaban J connectivity index is 0.00000338. The highest BCUT2D eigenvalue weighted by atomic mass is 127. The molecule has 2 atom stereocenters. The van der Waals surface area contributed by atoms with Gasteiger partial charge in [-0.1, -0.05) is 31.5 Å². The van der Waals surface area contributed by atoms with Crippen LogP contribution in [0.1, 0.15) is 51.0 Å². The second-order valence-corrected chi connectivity index (χ2v) is 6.64. The summed E-state index contributed by atoms with van der Waals surface area (Å²) in [6.45, 7) is 7.72. The van der Waals surface area contributed by atoms with Crippen molar-refractivity contribution in [3.05, 3.63) is 29.8 Å². The number of aliphatic hydroxyl groups is 1. The Labute approximate surface area is 175 Å². The van der Waals surface area contributed by atoms with Crippen molar-refractivity contribution >= 4 is 29.9 Å². The fraction of sp³-hybridized carbons (Fsp3) is 0.650. The van der Waals surface area contributed by atoms with E-state index in [0.29, 0.717) is 11.8 Å². The predicted octanol–water partition coefficient (Wildman–Crippen LogP) is 3.52. The van der Waals surface area contributed by atoms with E-state index in [9.17, 15) is 5.11 Å². The quantitative estimate of drug-likeness (QED) is 0.291. The highest BCUT2D eigenvalue weighted by molar-refractivity contribution is 14.0. The van der Waals surface area contributed by atoms with E-state index >= 15 is 0 Å². The average molecular weight is 475 g/mol. The third kappa shape index (κ3) is 7.31. The molecule has 0 bridgehead atoms. The summed E-state index contributed by atoms with van der Waals surface area (Å²) in [5.41, 5.74) is 1.28. The molecule has 0 aliphatic carbocycles. The van der Waals surface area contributed by atoms with Crippen LogP contribution >= 0.6 is 24.0 Å². The van der Waals surface area contributed by atoms with Crippen LogP contribution in [-0.2, 0) is 0 Å². The SMILES string of the molecule is CCCC(CCO)CN=C(NCC)NCC1CCOc2ccccc21.I. The van der Waals surface area contributed by atoms with Gasteiger partial charge in [0.15, 0.2) is 5.96 Å². The third-order valence-electron chi connectivity index (χ3n) is 4.68. The molecule has 6 heteroatoms. The van der Waals surface area contributed by atoms with Gasteiger partial charge in [-0.25, -0.2) is 0 Å². The Morgan fingerprint density at radius 2 is 2.08 bits per heavy atom. The van der Waals surface area contributed by atoms with E-state index in [2.05, 4.69) is 36.6 Å². The molecule has 0 radical (unpaired) electrons. The Morgan fingerprint density at radius 3 is 2.81 bits per heavy atom. The smallest absolute Gasteiger partial charge is 0.191 e. The van der Waals surface area contributed by atoms with Gasteiger partial charge in [0.25, 0.3) is 0 Å². The maximum Gasteiger partial charge on any atom is 0.191 e. The average Bonchev–Trinajstić information content (AvgIpc) is 2.64. The highest BCUT2D eigenvalue weighted by Gasteiger charge is 2.21. The second kappa shape index (κ2) is 13.2. The fourth-order valence-corrected chi connectivity index (χ4v) is 3.33. The maximum absolute atomic E-state index is 9.21. The van der Waals surface area contributed by atoms with Crippen LogP contribution < -0.4 is 15.4 Å². The van der Waals surface area contributed by atoms with Gasteiger partial charge in [-0.15, -0.1) is 24.0 Å². The summed E-state index contributed by atoms with van der Waals surface area (Å²) in [4.78, 5) is 4.74. The molecule has 1 aromatic carbocycles. The van der Waals surface area contributed by atoms with Crippen molar-refractivity contribution in [3.8, 4) is 5.75 Å². The first kappa shape index (κ1) is 23.0. The number of hydrogen-bond donors (Lipinski definition) is 3. The maximum atomic E-state index is 9.21. The van der Waals surface area contributed by atoms with Gasteiger partial charge >= 0.3 is 0 Å². The zero-order chi connectivity index (χ0) is 17.9. The van der Waals surface area contributed by atoms with Gasteiger partial charge in [-0.05, 0) is 43.7 Å². The summed E-state index contributed by atoms with van der Waals surface area (Å²) < 4.78 is 5.74. The molecule has 1 aromatic rings. The van der Waals surface area contributed by atoms with Gasteiger partial charge in [0.2, 0.25) is 0 Å². The minimum absolute atomic E-state index is 0. The highest BCUT2D eigenvalue weighted by Crippen LogP contribution is 2.32. The van der Waals surface area contributed by atoms with Crippen molar-refractivity contribution in [2.24, 2.45) is 10.9 Å². The zero-order valence-corrected chi connectivity index (χ0v) is 18.4. The molecule has 0 saturated carbocycles. The van der Waals surface area contributed by atoms with E-state index in [1.807, 2.05) is 12.1 Å². The van der Waals surface area contributed by atoms with E-state index in [1.54, 1.807) is 0 Å². The van der Waals surface area contributed by atoms with Gasteiger partial charge in [-0.2, -0.15) is 0 Å². The molecule has 0 saturated heterocycles. The van der Waals surface area contributed by atoms with Crippen LogP contribution in [0.3, 0.4) is 0 Å². The number of fused-ring (bicyclic) bond motifs is 1. The van der Waals surface area contributed by atoms with Crippen LogP contribution in [0.25, 0.3) is 0 Å². The lowest BCUT2D eigenvalue weighted by Gasteiger charge is -2.26. The summed E-state index contributed by atoms with van der Waals surface area (Å²) in [5.74, 6) is 2.77. The molecule has 1 heterocycles. The van der Waals surface area contributed by atoms with Gasteiger partial charge in [-0.3, -0.25) is 4.99 Å².